The standard InChI is InChI=1S/C29H47Cl2NO5/c1-18(4-7-25(34)35)21-5-6-22-26-23(9-11-29(21,22)3)28(2)10-8-20(16-19(28)17-24(26)33)37-27(36)32(14-12-30)15-13-31/h18-24,26,33H,4-17H2,1-3H3,(H,34,35)/t18-,19?,20-,21-,22+,23+,24-,26+,28+,29-/m1/s1. The quantitative estimate of drug-likeness (QED) is 0.319. The van der Waals surface area contributed by atoms with Crippen LogP contribution in [-0.4, -0.2) is 64.2 Å². The number of aliphatic hydroxyl groups excluding tert-OH is 1. The van der Waals surface area contributed by atoms with E-state index in [9.17, 15) is 19.8 Å². The Bertz CT molecular complexity index is 822. The minimum Gasteiger partial charge on any atom is -0.481 e. The van der Waals surface area contributed by atoms with E-state index in [-0.39, 0.29) is 35.6 Å². The number of carboxylic acids is 1. The number of rotatable bonds is 9. The summed E-state index contributed by atoms with van der Waals surface area (Å²) in [7, 11) is 0. The predicted molar refractivity (Wildman–Crippen MR) is 146 cm³/mol. The van der Waals surface area contributed by atoms with Gasteiger partial charge in [-0.25, -0.2) is 4.79 Å². The lowest BCUT2D eigenvalue weighted by Crippen LogP contribution is -2.59. The summed E-state index contributed by atoms with van der Waals surface area (Å²) in [5, 5.41) is 20.8. The molecule has 6 nitrogen and oxygen atoms in total. The van der Waals surface area contributed by atoms with Gasteiger partial charge in [0, 0.05) is 31.3 Å². The molecule has 0 aromatic carbocycles. The summed E-state index contributed by atoms with van der Waals surface area (Å²) in [5.41, 5.74) is 0.345. The molecule has 37 heavy (non-hydrogen) atoms. The molecule has 0 aliphatic heterocycles. The molecule has 0 spiro atoms. The van der Waals surface area contributed by atoms with Gasteiger partial charge < -0.3 is 19.8 Å². The summed E-state index contributed by atoms with van der Waals surface area (Å²) >= 11 is 11.7. The van der Waals surface area contributed by atoms with Crippen LogP contribution < -0.4 is 0 Å². The number of aliphatic carboxylic acids is 1. The Hall–Kier alpha value is -0.720. The molecule has 2 N–H and O–H groups in total. The van der Waals surface area contributed by atoms with Crippen LogP contribution in [0.4, 0.5) is 4.79 Å². The average Bonchev–Trinajstić information content (AvgIpc) is 3.20. The maximum Gasteiger partial charge on any atom is 0.410 e. The van der Waals surface area contributed by atoms with E-state index in [1.165, 1.54) is 6.42 Å². The number of fused-ring (bicyclic) bond motifs is 5. The summed E-state index contributed by atoms with van der Waals surface area (Å²) in [6.07, 6.45) is 8.30. The van der Waals surface area contributed by atoms with E-state index in [0.29, 0.717) is 60.4 Å². The SMILES string of the molecule is C[C@H](CCC(=O)O)[C@H]1CC[C@H]2[C@@H]3[C@H](O)CC4C[C@H](OC(=O)N(CCCl)CCCl)CC[C@]4(C)[C@H]3CC[C@]12C. The second-order valence-corrected chi connectivity index (χ2v) is 13.8. The van der Waals surface area contributed by atoms with Crippen molar-refractivity contribution in [3.05, 3.63) is 0 Å². The number of carbonyl (C=O) groups is 2. The Kier molecular flexibility index (Phi) is 9.33. The molecule has 0 radical (unpaired) electrons. The number of amides is 1. The molecule has 1 amide bonds. The highest BCUT2D eigenvalue weighted by Gasteiger charge is 2.63. The van der Waals surface area contributed by atoms with Gasteiger partial charge in [-0.1, -0.05) is 20.8 Å². The molecule has 0 heterocycles. The molecule has 0 aromatic heterocycles. The lowest BCUT2D eigenvalue weighted by molar-refractivity contribution is -0.174. The van der Waals surface area contributed by atoms with E-state index in [1.807, 2.05) is 0 Å². The highest BCUT2D eigenvalue weighted by Crippen LogP contribution is 2.68. The number of nitrogens with zero attached hydrogens (tertiary/aromatic N) is 1. The highest BCUT2D eigenvalue weighted by atomic mass is 35.5. The van der Waals surface area contributed by atoms with E-state index in [4.69, 9.17) is 27.9 Å². The first kappa shape index (κ1) is 29.3. The molecule has 4 rings (SSSR count). The fourth-order valence-corrected chi connectivity index (χ4v) is 9.94. The minimum atomic E-state index is -0.705. The third-order valence-electron chi connectivity index (χ3n) is 11.4. The first-order chi connectivity index (χ1) is 17.5. The number of alkyl halides is 2. The zero-order chi connectivity index (χ0) is 27.0. The Morgan fingerprint density at radius 3 is 2.30 bits per heavy atom. The van der Waals surface area contributed by atoms with Crippen molar-refractivity contribution in [3.8, 4) is 0 Å². The van der Waals surface area contributed by atoms with Crippen LogP contribution in [0.15, 0.2) is 0 Å². The van der Waals surface area contributed by atoms with Gasteiger partial charge >= 0.3 is 12.1 Å². The number of hydrogen-bond donors (Lipinski definition) is 2. The van der Waals surface area contributed by atoms with Gasteiger partial charge in [0.05, 0.1) is 6.10 Å². The van der Waals surface area contributed by atoms with Crippen LogP contribution in [-0.2, 0) is 9.53 Å². The average molecular weight is 561 g/mol. The van der Waals surface area contributed by atoms with Crippen molar-refractivity contribution in [1.29, 1.82) is 0 Å². The topological polar surface area (TPSA) is 87.1 Å². The second kappa shape index (κ2) is 11.8. The first-order valence-electron chi connectivity index (χ1n) is 14.5. The van der Waals surface area contributed by atoms with Crippen LogP contribution in [0.2, 0.25) is 0 Å². The molecular weight excluding hydrogens is 513 g/mol. The molecule has 8 heteroatoms. The number of hydrogen-bond acceptors (Lipinski definition) is 4. The van der Waals surface area contributed by atoms with Crippen LogP contribution in [0, 0.1) is 46.3 Å². The Balaban J connectivity index is 1.44. The summed E-state index contributed by atoms with van der Waals surface area (Å²) in [6.45, 7) is 7.98. The molecule has 10 atom stereocenters. The van der Waals surface area contributed by atoms with Gasteiger partial charge in [0.15, 0.2) is 0 Å². The van der Waals surface area contributed by atoms with Crippen molar-refractivity contribution in [3.63, 3.8) is 0 Å². The van der Waals surface area contributed by atoms with Crippen LogP contribution >= 0.6 is 23.2 Å². The molecule has 1 unspecified atom stereocenters. The number of ether oxygens (including phenoxy) is 1. The maximum atomic E-state index is 12.8. The number of aliphatic hydroxyl groups is 1. The third kappa shape index (κ3) is 5.63. The molecule has 4 saturated carbocycles. The van der Waals surface area contributed by atoms with Crippen molar-refractivity contribution in [2.45, 2.75) is 97.2 Å². The van der Waals surface area contributed by atoms with Crippen LogP contribution in [0.3, 0.4) is 0 Å². The molecule has 4 fully saturated rings. The van der Waals surface area contributed by atoms with E-state index >= 15 is 0 Å². The zero-order valence-electron chi connectivity index (χ0n) is 22.8. The van der Waals surface area contributed by atoms with Gasteiger partial charge in [0.25, 0.3) is 0 Å². The molecule has 0 saturated heterocycles. The predicted octanol–water partition coefficient (Wildman–Crippen LogP) is 6.40. The van der Waals surface area contributed by atoms with Gasteiger partial charge in [0.1, 0.15) is 6.10 Å². The van der Waals surface area contributed by atoms with Gasteiger partial charge in [0.2, 0.25) is 0 Å². The van der Waals surface area contributed by atoms with Gasteiger partial charge in [-0.15, -0.1) is 23.2 Å². The maximum absolute atomic E-state index is 12.8. The molecule has 0 aromatic rings. The highest BCUT2D eigenvalue weighted by molar-refractivity contribution is 6.18. The fourth-order valence-electron chi connectivity index (χ4n) is 9.53. The van der Waals surface area contributed by atoms with Crippen molar-refractivity contribution < 1.29 is 24.5 Å². The van der Waals surface area contributed by atoms with Crippen LogP contribution in [0.25, 0.3) is 0 Å². The number of halogens is 2. The largest absolute Gasteiger partial charge is 0.481 e. The van der Waals surface area contributed by atoms with E-state index in [2.05, 4.69) is 20.8 Å². The van der Waals surface area contributed by atoms with Crippen molar-refractivity contribution in [2.75, 3.05) is 24.8 Å². The normalized spacial score (nSPS) is 41.7. The van der Waals surface area contributed by atoms with E-state index in [1.54, 1.807) is 4.90 Å². The fraction of sp³-hybridized carbons (Fsp3) is 0.931. The smallest absolute Gasteiger partial charge is 0.410 e. The second-order valence-electron chi connectivity index (χ2n) is 13.1. The van der Waals surface area contributed by atoms with Crippen LogP contribution in [0.5, 0.6) is 0 Å². The minimum absolute atomic E-state index is 0.123. The molecule has 4 aliphatic carbocycles. The summed E-state index contributed by atoms with van der Waals surface area (Å²) in [4.78, 5) is 25.5. The van der Waals surface area contributed by atoms with Crippen molar-refractivity contribution >= 4 is 35.3 Å². The third-order valence-corrected chi connectivity index (χ3v) is 11.8. The summed E-state index contributed by atoms with van der Waals surface area (Å²) < 4.78 is 5.94. The van der Waals surface area contributed by atoms with Gasteiger partial charge in [-0.2, -0.15) is 0 Å². The lowest BCUT2D eigenvalue weighted by Gasteiger charge is -2.62. The van der Waals surface area contributed by atoms with Crippen molar-refractivity contribution in [1.82, 2.24) is 4.90 Å². The molecule has 0 bridgehead atoms. The molecule has 212 valence electrons. The molecule has 4 aliphatic rings. The summed E-state index contributed by atoms with van der Waals surface area (Å²) in [5.74, 6) is 2.60. The van der Waals surface area contributed by atoms with Crippen molar-refractivity contribution in [2.24, 2.45) is 46.3 Å². The first-order valence-corrected chi connectivity index (χ1v) is 15.6. The number of carboxylic acid groups (broad SMARTS) is 1. The zero-order valence-corrected chi connectivity index (χ0v) is 24.4. The van der Waals surface area contributed by atoms with E-state index in [0.717, 1.165) is 51.4 Å². The number of carbonyl (C=O) groups excluding carboxylic acids is 1. The Morgan fingerprint density at radius 2 is 1.65 bits per heavy atom. The Morgan fingerprint density at radius 1 is 1.00 bits per heavy atom. The van der Waals surface area contributed by atoms with E-state index < -0.39 is 5.97 Å². The summed E-state index contributed by atoms with van der Waals surface area (Å²) in [6, 6.07) is 0. The lowest BCUT2D eigenvalue weighted by atomic mass is 9.43. The van der Waals surface area contributed by atoms with Gasteiger partial charge in [-0.05, 0) is 104 Å². The van der Waals surface area contributed by atoms with Crippen LogP contribution in [0.1, 0.15) is 85.0 Å². The Labute approximate surface area is 232 Å². The van der Waals surface area contributed by atoms with Gasteiger partial charge in [-0.3, -0.25) is 4.79 Å². The monoisotopic (exact) mass is 559 g/mol. The molecular formula is C29H47Cl2NO5.